The molecule has 0 aliphatic carbocycles. The van der Waals surface area contributed by atoms with Crippen LogP contribution in [0.15, 0.2) is 15.9 Å². The second kappa shape index (κ2) is 4.75. The Hall–Kier alpha value is -0.214. The number of aromatic nitrogens is 4. The molecule has 0 radical (unpaired) electrons. The predicted octanol–water partition coefficient (Wildman–Crippen LogP) is -3.44. The molecule has 0 amide bonds. The van der Waals surface area contributed by atoms with Gasteiger partial charge in [-0.1, -0.05) is 0 Å². The fraction of sp³-hybridized carbons (Fsp3) is 0.375. The standard InChI is InChI=1S/C8H10N4O2.K.H/c1-3-12-6-5(11(2)4-9-6)7(13)10-8(12)14;;/h4H,3H2,1-2H3,(H,10,13,14);;/q;+1;-1. The number of hydrogen-bond donors (Lipinski definition) is 1. The summed E-state index contributed by atoms with van der Waals surface area (Å²) < 4.78 is 3.02. The molecule has 7 heteroatoms. The van der Waals surface area contributed by atoms with Crippen LogP contribution >= 0.6 is 0 Å². The third-order valence-corrected chi connectivity index (χ3v) is 2.17. The Morgan fingerprint density at radius 1 is 1.53 bits per heavy atom. The van der Waals surface area contributed by atoms with E-state index in [4.69, 9.17) is 0 Å². The van der Waals surface area contributed by atoms with E-state index >= 15 is 0 Å². The number of hydrogen-bond acceptors (Lipinski definition) is 3. The number of H-pyrrole nitrogens is 1. The maximum atomic E-state index is 11.4. The molecule has 0 saturated carbocycles. The van der Waals surface area contributed by atoms with Gasteiger partial charge in [0.05, 0.1) is 6.33 Å². The third-order valence-electron chi connectivity index (χ3n) is 2.17. The minimum atomic E-state index is -0.413. The topological polar surface area (TPSA) is 72.7 Å². The van der Waals surface area contributed by atoms with Gasteiger partial charge in [0, 0.05) is 13.6 Å². The summed E-state index contributed by atoms with van der Waals surface area (Å²) in [4.78, 5) is 29.0. The number of nitrogens with zero attached hydrogens (tertiary/aromatic N) is 3. The smallest absolute Gasteiger partial charge is 1.00 e. The summed E-state index contributed by atoms with van der Waals surface area (Å²) in [7, 11) is 1.72. The van der Waals surface area contributed by atoms with Gasteiger partial charge in [-0.05, 0) is 6.92 Å². The molecular formula is C8H11KN4O2. The van der Waals surface area contributed by atoms with Crippen molar-refractivity contribution in [2.24, 2.45) is 7.05 Å². The Bertz CT molecular complexity index is 600. The zero-order valence-corrected chi connectivity index (χ0v) is 12.1. The number of nitrogens with one attached hydrogen (secondary N) is 1. The van der Waals surface area contributed by atoms with Crippen LogP contribution in [-0.4, -0.2) is 19.1 Å². The molecule has 0 saturated heterocycles. The van der Waals surface area contributed by atoms with E-state index in [1.54, 1.807) is 11.6 Å². The number of imidazole rings is 1. The van der Waals surface area contributed by atoms with Gasteiger partial charge in [0.25, 0.3) is 5.56 Å². The van der Waals surface area contributed by atoms with E-state index in [-0.39, 0.29) is 52.8 Å². The molecule has 2 aromatic heterocycles. The summed E-state index contributed by atoms with van der Waals surface area (Å²) in [6.45, 7) is 2.32. The average Bonchev–Trinajstić information content (AvgIpc) is 2.49. The van der Waals surface area contributed by atoms with Crippen molar-refractivity contribution >= 4 is 11.2 Å². The minimum Gasteiger partial charge on any atom is -1.00 e. The summed E-state index contributed by atoms with van der Waals surface area (Å²) in [5, 5.41) is 0. The van der Waals surface area contributed by atoms with Gasteiger partial charge in [-0.2, -0.15) is 0 Å². The van der Waals surface area contributed by atoms with Crippen molar-refractivity contribution in [1.82, 2.24) is 19.1 Å². The molecule has 0 aromatic carbocycles. The van der Waals surface area contributed by atoms with Gasteiger partial charge < -0.3 is 5.99 Å². The van der Waals surface area contributed by atoms with Crippen molar-refractivity contribution in [3.05, 3.63) is 27.2 Å². The Morgan fingerprint density at radius 3 is 2.80 bits per heavy atom. The molecule has 0 aliphatic heterocycles. The van der Waals surface area contributed by atoms with Crippen molar-refractivity contribution < 1.29 is 52.8 Å². The second-order valence-corrected chi connectivity index (χ2v) is 3.03. The number of rotatable bonds is 1. The van der Waals surface area contributed by atoms with Gasteiger partial charge in [0.15, 0.2) is 11.2 Å². The van der Waals surface area contributed by atoms with Crippen LogP contribution in [0.1, 0.15) is 8.35 Å². The first-order chi connectivity index (χ1) is 6.65. The molecule has 0 bridgehead atoms. The van der Waals surface area contributed by atoms with E-state index in [1.807, 2.05) is 6.92 Å². The summed E-state index contributed by atoms with van der Waals surface area (Å²) in [6.07, 6.45) is 1.52. The first kappa shape index (κ1) is 12.9. The van der Waals surface area contributed by atoms with E-state index in [1.165, 1.54) is 10.9 Å². The van der Waals surface area contributed by atoms with E-state index in [0.717, 1.165) is 0 Å². The van der Waals surface area contributed by atoms with Crippen molar-refractivity contribution in [2.75, 3.05) is 0 Å². The molecule has 76 valence electrons. The SMILES string of the molecule is CCn1c(=O)[nH]c(=O)c2c1ncn2C.[H-].[K+]. The normalized spacial score (nSPS) is 10.3. The Morgan fingerprint density at radius 2 is 2.20 bits per heavy atom. The van der Waals surface area contributed by atoms with Crippen molar-refractivity contribution in [1.29, 1.82) is 0 Å². The van der Waals surface area contributed by atoms with Crippen LogP contribution in [-0.2, 0) is 13.6 Å². The first-order valence-corrected chi connectivity index (χ1v) is 4.29. The molecule has 2 rings (SSSR count). The molecule has 2 aromatic rings. The van der Waals surface area contributed by atoms with E-state index in [2.05, 4.69) is 9.97 Å². The Labute approximate surface area is 129 Å². The zero-order valence-electron chi connectivity index (χ0n) is 9.94. The average molecular weight is 234 g/mol. The molecule has 1 N–H and O–H groups in total. The van der Waals surface area contributed by atoms with Crippen molar-refractivity contribution in [2.45, 2.75) is 13.5 Å². The van der Waals surface area contributed by atoms with Gasteiger partial charge >= 0.3 is 57.1 Å². The number of fused-ring (bicyclic) bond motifs is 1. The van der Waals surface area contributed by atoms with Gasteiger partial charge in [-0.3, -0.25) is 14.3 Å². The molecule has 15 heavy (non-hydrogen) atoms. The molecule has 2 heterocycles. The molecule has 0 spiro atoms. The van der Waals surface area contributed by atoms with E-state index in [9.17, 15) is 9.59 Å². The van der Waals surface area contributed by atoms with Crippen molar-refractivity contribution in [3.63, 3.8) is 0 Å². The minimum absolute atomic E-state index is 0. The number of aromatic amines is 1. The largest absolute Gasteiger partial charge is 1.00 e. The predicted molar refractivity (Wildman–Crippen MR) is 52.4 cm³/mol. The Balaban J connectivity index is 0.00000112. The summed E-state index contributed by atoms with van der Waals surface area (Å²) in [5.41, 5.74) is 0.0496. The molecule has 0 aliphatic rings. The van der Waals surface area contributed by atoms with Crippen LogP contribution < -0.4 is 62.6 Å². The van der Waals surface area contributed by atoms with Crippen LogP contribution in [0.4, 0.5) is 0 Å². The molecule has 0 atom stereocenters. The van der Waals surface area contributed by atoms with E-state index < -0.39 is 11.2 Å². The maximum Gasteiger partial charge on any atom is 1.00 e. The molecule has 0 unspecified atom stereocenters. The van der Waals surface area contributed by atoms with Crippen LogP contribution in [0.3, 0.4) is 0 Å². The molecular weight excluding hydrogens is 223 g/mol. The van der Waals surface area contributed by atoms with Gasteiger partial charge in [0.2, 0.25) is 0 Å². The summed E-state index contributed by atoms with van der Waals surface area (Å²) in [6, 6.07) is 0. The van der Waals surface area contributed by atoms with Gasteiger partial charge in [-0.25, -0.2) is 9.78 Å². The van der Waals surface area contributed by atoms with E-state index in [0.29, 0.717) is 17.7 Å². The van der Waals surface area contributed by atoms with Crippen LogP contribution in [0, 0.1) is 0 Å². The fourth-order valence-electron chi connectivity index (χ4n) is 1.49. The van der Waals surface area contributed by atoms with Gasteiger partial charge in [0.1, 0.15) is 0 Å². The molecule has 0 fully saturated rings. The Kier molecular flexibility index (Phi) is 4.07. The monoisotopic (exact) mass is 234 g/mol. The maximum absolute atomic E-state index is 11.4. The van der Waals surface area contributed by atoms with Crippen LogP contribution in [0.5, 0.6) is 0 Å². The fourth-order valence-corrected chi connectivity index (χ4v) is 1.49. The summed E-state index contributed by atoms with van der Waals surface area (Å²) in [5.74, 6) is 0. The van der Waals surface area contributed by atoms with Crippen LogP contribution in [0.2, 0.25) is 0 Å². The first-order valence-electron chi connectivity index (χ1n) is 4.29. The van der Waals surface area contributed by atoms with Gasteiger partial charge in [-0.15, -0.1) is 0 Å². The summed E-state index contributed by atoms with van der Waals surface area (Å²) >= 11 is 0. The van der Waals surface area contributed by atoms with Crippen LogP contribution in [0.25, 0.3) is 11.2 Å². The molecule has 6 nitrogen and oxygen atoms in total. The third kappa shape index (κ3) is 2.02. The second-order valence-electron chi connectivity index (χ2n) is 3.03. The zero-order chi connectivity index (χ0) is 10.3. The van der Waals surface area contributed by atoms with Crippen molar-refractivity contribution in [3.8, 4) is 0 Å². The quantitative estimate of drug-likeness (QED) is 0.522. The number of aryl methyl sites for hydroxylation is 2.